The van der Waals surface area contributed by atoms with E-state index in [9.17, 15) is 0 Å². The maximum atomic E-state index is 6.11. The number of anilines is 1. The van der Waals surface area contributed by atoms with Gasteiger partial charge in [-0.25, -0.2) is 9.67 Å². The Morgan fingerprint density at radius 1 is 1.44 bits per heavy atom. The second-order valence-electron chi connectivity index (χ2n) is 5.12. The summed E-state index contributed by atoms with van der Waals surface area (Å²) in [5, 5.41) is 4.52. The molecule has 0 saturated carbocycles. The van der Waals surface area contributed by atoms with Gasteiger partial charge in [-0.2, -0.15) is 5.10 Å². The summed E-state index contributed by atoms with van der Waals surface area (Å²) in [6.45, 7) is 7.08. The zero-order chi connectivity index (χ0) is 12.9. The van der Waals surface area contributed by atoms with Gasteiger partial charge in [0.2, 0.25) is 5.95 Å². The number of hydrogen-bond acceptors (Lipinski definition) is 4. The molecule has 2 aromatic heterocycles. The fourth-order valence-corrected chi connectivity index (χ4v) is 2.91. The lowest BCUT2D eigenvalue weighted by atomic mass is 10.2. The average Bonchev–Trinajstić information content (AvgIpc) is 2.96. The maximum absolute atomic E-state index is 6.11. The number of hydrogen-bond donors (Lipinski definition) is 1. The molecule has 3 rings (SSSR count). The van der Waals surface area contributed by atoms with Gasteiger partial charge in [-0.1, -0.05) is 0 Å². The third-order valence-corrected chi connectivity index (χ3v) is 3.80. The molecule has 2 aromatic rings. The largest absolute Gasteiger partial charge is 0.369 e. The molecule has 3 heterocycles. The van der Waals surface area contributed by atoms with E-state index in [0.717, 1.165) is 42.9 Å². The molecule has 0 amide bonds. The van der Waals surface area contributed by atoms with E-state index in [2.05, 4.69) is 33.5 Å². The van der Waals surface area contributed by atoms with Crippen LogP contribution in [-0.4, -0.2) is 44.4 Å². The summed E-state index contributed by atoms with van der Waals surface area (Å²) in [6.07, 6.45) is 1.13. The minimum absolute atomic E-state index is 0.418. The Hall–Kier alpha value is -1.56. The van der Waals surface area contributed by atoms with Crippen molar-refractivity contribution in [1.29, 1.82) is 0 Å². The molecule has 1 atom stereocenters. The Bertz CT molecular complexity index is 581. The van der Waals surface area contributed by atoms with Crippen LogP contribution in [0.5, 0.6) is 0 Å². The molecule has 6 heteroatoms. The molecule has 0 spiro atoms. The van der Waals surface area contributed by atoms with Gasteiger partial charge < -0.3 is 10.6 Å². The maximum Gasteiger partial charge on any atom is 0.202 e. The van der Waals surface area contributed by atoms with Crippen molar-refractivity contribution in [3.05, 3.63) is 5.69 Å². The fraction of sp³-hybridized carbons (Fsp3) is 0.667. The van der Waals surface area contributed by atoms with Crippen LogP contribution in [0.4, 0.5) is 5.95 Å². The summed E-state index contributed by atoms with van der Waals surface area (Å²) in [5.74, 6) is 0.619. The number of rotatable bonds is 2. The van der Waals surface area contributed by atoms with E-state index in [4.69, 9.17) is 5.73 Å². The molecular weight excluding hydrogens is 228 g/mol. The van der Waals surface area contributed by atoms with Gasteiger partial charge in [-0.15, -0.1) is 0 Å². The summed E-state index contributed by atoms with van der Waals surface area (Å²) in [7, 11) is 2.15. The second kappa shape index (κ2) is 3.98. The second-order valence-corrected chi connectivity index (χ2v) is 5.12. The number of imidazole rings is 1. The number of likely N-dealkylation sites (N-methyl/N-ethyl adjacent to an activating group) is 1. The van der Waals surface area contributed by atoms with Crippen LogP contribution < -0.4 is 5.73 Å². The van der Waals surface area contributed by atoms with E-state index in [-0.39, 0.29) is 0 Å². The van der Waals surface area contributed by atoms with Crippen molar-refractivity contribution in [3.63, 3.8) is 0 Å². The van der Waals surface area contributed by atoms with Crippen molar-refractivity contribution in [2.75, 3.05) is 25.9 Å². The molecule has 1 aliphatic rings. The Morgan fingerprint density at radius 2 is 2.22 bits per heavy atom. The lowest BCUT2D eigenvalue weighted by molar-refractivity contribution is 0.394. The molecule has 98 valence electrons. The Balaban J connectivity index is 2.18. The first-order chi connectivity index (χ1) is 8.61. The van der Waals surface area contributed by atoms with Crippen LogP contribution in [0.15, 0.2) is 0 Å². The van der Waals surface area contributed by atoms with E-state index in [0.29, 0.717) is 12.0 Å². The molecule has 1 aliphatic heterocycles. The molecule has 0 radical (unpaired) electrons. The van der Waals surface area contributed by atoms with E-state index in [1.165, 1.54) is 0 Å². The van der Waals surface area contributed by atoms with Crippen LogP contribution in [0.2, 0.25) is 0 Å². The van der Waals surface area contributed by atoms with Crippen molar-refractivity contribution in [3.8, 4) is 0 Å². The lowest BCUT2D eigenvalue weighted by Crippen LogP contribution is -2.18. The highest BCUT2D eigenvalue weighted by Gasteiger charge is 2.27. The monoisotopic (exact) mass is 248 g/mol. The van der Waals surface area contributed by atoms with Crippen molar-refractivity contribution < 1.29 is 0 Å². The molecule has 0 aliphatic carbocycles. The highest BCUT2D eigenvalue weighted by molar-refractivity contribution is 5.77. The van der Waals surface area contributed by atoms with Gasteiger partial charge in [0.25, 0.3) is 0 Å². The molecule has 18 heavy (non-hydrogen) atoms. The molecule has 2 N–H and O–H groups in total. The van der Waals surface area contributed by atoms with E-state index in [1.807, 2.05) is 11.6 Å². The third-order valence-electron chi connectivity index (χ3n) is 3.80. The SMILES string of the molecule is CCn1nc(C)c2nc(N)n(C3CCN(C)C3)c21. The summed E-state index contributed by atoms with van der Waals surface area (Å²) in [4.78, 5) is 6.82. The van der Waals surface area contributed by atoms with Gasteiger partial charge in [0.15, 0.2) is 5.65 Å². The van der Waals surface area contributed by atoms with Gasteiger partial charge in [0.05, 0.1) is 11.7 Å². The fourth-order valence-electron chi connectivity index (χ4n) is 2.91. The van der Waals surface area contributed by atoms with Crippen LogP contribution in [0, 0.1) is 6.92 Å². The summed E-state index contributed by atoms with van der Waals surface area (Å²) < 4.78 is 4.18. The normalized spacial score (nSPS) is 21.2. The van der Waals surface area contributed by atoms with E-state index < -0.39 is 0 Å². The zero-order valence-electron chi connectivity index (χ0n) is 11.2. The number of nitrogens with zero attached hydrogens (tertiary/aromatic N) is 5. The van der Waals surface area contributed by atoms with E-state index in [1.54, 1.807) is 0 Å². The number of likely N-dealkylation sites (tertiary alicyclic amines) is 1. The molecule has 1 fully saturated rings. The van der Waals surface area contributed by atoms with Gasteiger partial charge in [-0.05, 0) is 33.9 Å². The van der Waals surface area contributed by atoms with Gasteiger partial charge in [-0.3, -0.25) is 4.57 Å². The molecule has 0 bridgehead atoms. The van der Waals surface area contributed by atoms with Gasteiger partial charge >= 0.3 is 0 Å². The molecule has 1 saturated heterocycles. The number of aryl methyl sites for hydroxylation is 2. The van der Waals surface area contributed by atoms with Crippen molar-refractivity contribution >= 4 is 17.1 Å². The number of nitrogen functional groups attached to an aromatic ring is 1. The van der Waals surface area contributed by atoms with Crippen LogP contribution in [-0.2, 0) is 6.54 Å². The minimum Gasteiger partial charge on any atom is -0.369 e. The zero-order valence-corrected chi connectivity index (χ0v) is 11.2. The predicted octanol–water partition coefficient (Wildman–Crippen LogP) is 1.02. The predicted molar refractivity (Wildman–Crippen MR) is 71.5 cm³/mol. The minimum atomic E-state index is 0.418. The van der Waals surface area contributed by atoms with Crippen LogP contribution >= 0.6 is 0 Å². The average molecular weight is 248 g/mol. The molecule has 1 unspecified atom stereocenters. The Labute approximate surface area is 106 Å². The molecule has 0 aromatic carbocycles. The third kappa shape index (κ3) is 1.52. The van der Waals surface area contributed by atoms with Crippen LogP contribution in [0.25, 0.3) is 11.2 Å². The highest BCUT2D eigenvalue weighted by atomic mass is 15.4. The number of fused-ring (bicyclic) bond motifs is 1. The van der Waals surface area contributed by atoms with Crippen molar-refractivity contribution in [2.45, 2.75) is 32.9 Å². The van der Waals surface area contributed by atoms with Crippen LogP contribution in [0.3, 0.4) is 0 Å². The molecule has 6 nitrogen and oxygen atoms in total. The van der Waals surface area contributed by atoms with Crippen molar-refractivity contribution in [2.24, 2.45) is 0 Å². The first-order valence-corrected chi connectivity index (χ1v) is 6.51. The first kappa shape index (κ1) is 11.5. The summed E-state index contributed by atoms with van der Waals surface area (Å²) in [6, 6.07) is 0.418. The number of aromatic nitrogens is 4. The molecular formula is C12H20N6. The highest BCUT2D eigenvalue weighted by Crippen LogP contribution is 2.29. The summed E-state index contributed by atoms with van der Waals surface area (Å²) >= 11 is 0. The van der Waals surface area contributed by atoms with Gasteiger partial charge in [0, 0.05) is 13.1 Å². The lowest BCUT2D eigenvalue weighted by Gasteiger charge is -2.15. The smallest absolute Gasteiger partial charge is 0.202 e. The van der Waals surface area contributed by atoms with Crippen LogP contribution in [0.1, 0.15) is 25.1 Å². The first-order valence-electron chi connectivity index (χ1n) is 6.51. The summed E-state index contributed by atoms with van der Waals surface area (Å²) in [5.41, 5.74) is 9.09. The van der Waals surface area contributed by atoms with E-state index >= 15 is 0 Å². The Morgan fingerprint density at radius 3 is 2.83 bits per heavy atom. The Kier molecular flexibility index (Phi) is 2.55. The van der Waals surface area contributed by atoms with Crippen molar-refractivity contribution in [1.82, 2.24) is 24.2 Å². The topological polar surface area (TPSA) is 64.9 Å². The quantitative estimate of drug-likeness (QED) is 0.861. The number of nitrogens with two attached hydrogens (primary N) is 1. The van der Waals surface area contributed by atoms with Gasteiger partial charge in [0.1, 0.15) is 5.52 Å². The standard InChI is InChI=1S/C12H20N6/c1-4-17-11-10(8(2)15-17)14-12(13)18(11)9-5-6-16(3)7-9/h9H,4-7H2,1-3H3,(H2,13,14).